The second-order valence-corrected chi connectivity index (χ2v) is 4.35. The molecule has 0 aliphatic carbocycles. The Morgan fingerprint density at radius 1 is 1.58 bits per heavy atom. The van der Waals surface area contributed by atoms with Gasteiger partial charge < -0.3 is 4.74 Å². The van der Waals surface area contributed by atoms with Gasteiger partial charge in [-0.15, -0.1) is 6.58 Å². The van der Waals surface area contributed by atoms with E-state index in [-0.39, 0.29) is 12.3 Å². The number of esters is 1. The Morgan fingerprint density at radius 3 is 2.79 bits per heavy atom. The number of ether oxygens (including phenoxy) is 1. The molecule has 0 saturated carbocycles. The highest BCUT2D eigenvalue weighted by Crippen LogP contribution is 2.31. The van der Waals surface area contributed by atoms with Crippen LogP contribution in [-0.4, -0.2) is 17.5 Å². The van der Waals surface area contributed by atoms with Crippen molar-refractivity contribution < 1.29 is 14.5 Å². The number of nitro groups is 1. The quantitative estimate of drug-likeness (QED) is 0.342. The summed E-state index contributed by atoms with van der Waals surface area (Å²) in [7, 11) is 0. The van der Waals surface area contributed by atoms with Crippen molar-refractivity contribution in [2.45, 2.75) is 25.7 Å². The Kier molecular flexibility index (Phi) is 4.80. The van der Waals surface area contributed by atoms with E-state index in [1.807, 2.05) is 0 Å². The monoisotopic (exact) mass is 263 g/mol. The molecule has 1 aromatic rings. The van der Waals surface area contributed by atoms with Gasteiger partial charge in [-0.1, -0.05) is 18.2 Å². The maximum atomic E-state index is 12.1. The minimum Gasteiger partial charge on any atom is -0.465 e. The second-order valence-electron chi connectivity index (χ2n) is 4.35. The Morgan fingerprint density at radius 2 is 2.26 bits per heavy atom. The lowest BCUT2D eigenvalue weighted by molar-refractivity contribution is -0.384. The summed E-state index contributed by atoms with van der Waals surface area (Å²) in [6, 6.07) is 6.05. The highest BCUT2D eigenvalue weighted by molar-refractivity contribution is 5.83. The van der Waals surface area contributed by atoms with Crippen molar-refractivity contribution in [3.8, 4) is 0 Å². The van der Waals surface area contributed by atoms with E-state index in [0.29, 0.717) is 12.0 Å². The van der Waals surface area contributed by atoms with Crippen LogP contribution in [-0.2, 0) is 14.9 Å². The minimum atomic E-state index is -0.955. The maximum absolute atomic E-state index is 12.1. The highest BCUT2D eigenvalue weighted by Gasteiger charge is 2.36. The van der Waals surface area contributed by atoms with Crippen molar-refractivity contribution in [3.05, 3.63) is 52.6 Å². The zero-order valence-corrected chi connectivity index (χ0v) is 11.1. The van der Waals surface area contributed by atoms with E-state index in [0.717, 1.165) is 0 Å². The summed E-state index contributed by atoms with van der Waals surface area (Å²) in [4.78, 5) is 22.4. The van der Waals surface area contributed by atoms with Gasteiger partial charge in [0.1, 0.15) is 0 Å². The standard InChI is InChI=1S/C14H17NO4/c1-4-9-14(3,13(16)19-5-2)11-7-6-8-12(10-11)15(17)18/h4,6-8,10H,1,5,9H2,2-3H3. The number of benzene rings is 1. The van der Waals surface area contributed by atoms with Crippen LogP contribution in [0, 0.1) is 10.1 Å². The lowest BCUT2D eigenvalue weighted by Crippen LogP contribution is -2.34. The third kappa shape index (κ3) is 3.19. The Balaban J connectivity index is 3.25. The zero-order valence-electron chi connectivity index (χ0n) is 11.1. The number of non-ortho nitro benzene ring substituents is 1. The largest absolute Gasteiger partial charge is 0.465 e. The molecule has 0 fully saturated rings. The van der Waals surface area contributed by atoms with Gasteiger partial charge in [-0.05, 0) is 25.8 Å². The van der Waals surface area contributed by atoms with Crippen LogP contribution in [0.15, 0.2) is 36.9 Å². The van der Waals surface area contributed by atoms with E-state index in [2.05, 4.69) is 6.58 Å². The van der Waals surface area contributed by atoms with Crippen LogP contribution in [0.25, 0.3) is 0 Å². The molecule has 0 N–H and O–H groups in total. The summed E-state index contributed by atoms with van der Waals surface area (Å²) in [6.07, 6.45) is 1.96. The van der Waals surface area contributed by atoms with Gasteiger partial charge >= 0.3 is 5.97 Å². The summed E-state index contributed by atoms with van der Waals surface area (Å²) in [5, 5.41) is 10.8. The van der Waals surface area contributed by atoms with Crippen molar-refractivity contribution in [1.82, 2.24) is 0 Å². The SMILES string of the molecule is C=CCC(C)(C(=O)OCC)c1cccc([N+](=O)[O-])c1. The molecule has 0 aliphatic heterocycles. The fourth-order valence-corrected chi connectivity index (χ4v) is 1.86. The van der Waals surface area contributed by atoms with Crippen LogP contribution < -0.4 is 0 Å². The summed E-state index contributed by atoms with van der Waals surface area (Å²) in [5.41, 5.74) is -0.443. The molecule has 1 rings (SSSR count). The molecule has 1 unspecified atom stereocenters. The fourth-order valence-electron chi connectivity index (χ4n) is 1.86. The second kappa shape index (κ2) is 6.13. The summed E-state index contributed by atoms with van der Waals surface area (Å²) in [5.74, 6) is -0.407. The molecule has 0 heterocycles. The molecule has 102 valence electrons. The number of hydrogen-bond donors (Lipinski definition) is 0. The molecule has 19 heavy (non-hydrogen) atoms. The molecule has 0 aromatic heterocycles. The number of nitro benzene ring substituents is 1. The minimum absolute atomic E-state index is 0.0444. The van der Waals surface area contributed by atoms with E-state index in [4.69, 9.17) is 4.74 Å². The van der Waals surface area contributed by atoms with Crippen LogP contribution in [0.4, 0.5) is 5.69 Å². The lowest BCUT2D eigenvalue weighted by atomic mass is 9.79. The van der Waals surface area contributed by atoms with Crippen LogP contribution in [0.2, 0.25) is 0 Å². The Labute approximate surface area is 112 Å². The number of allylic oxidation sites excluding steroid dienone is 1. The van der Waals surface area contributed by atoms with Crippen LogP contribution in [0.5, 0.6) is 0 Å². The van der Waals surface area contributed by atoms with Crippen molar-refractivity contribution in [2.75, 3.05) is 6.61 Å². The molecule has 0 radical (unpaired) electrons. The van der Waals surface area contributed by atoms with Gasteiger partial charge in [-0.2, -0.15) is 0 Å². The van der Waals surface area contributed by atoms with Gasteiger partial charge in [-0.25, -0.2) is 0 Å². The van der Waals surface area contributed by atoms with Gasteiger partial charge in [0.2, 0.25) is 0 Å². The Hall–Kier alpha value is -2.17. The first-order valence-corrected chi connectivity index (χ1v) is 5.98. The molecule has 0 saturated heterocycles. The predicted octanol–water partition coefficient (Wildman–Crippen LogP) is 2.99. The number of carbonyl (C=O) groups is 1. The van der Waals surface area contributed by atoms with Gasteiger partial charge in [0, 0.05) is 12.1 Å². The number of hydrogen-bond acceptors (Lipinski definition) is 4. The van der Waals surface area contributed by atoms with E-state index in [1.54, 1.807) is 32.1 Å². The average Bonchev–Trinajstić information content (AvgIpc) is 2.39. The predicted molar refractivity (Wildman–Crippen MR) is 71.9 cm³/mol. The molecule has 0 amide bonds. The molecule has 0 aliphatic rings. The van der Waals surface area contributed by atoms with Crippen LogP contribution in [0.1, 0.15) is 25.8 Å². The van der Waals surface area contributed by atoms with Gasteiger partial charge in [0.25, 0.3) is 5.69 Å². The zero-order chi connectivity index (χ0) is 14.5. The van der Waals surface area contributed by atoms with E-state index in [9.17, 15) is 14.9 Å². The van der Waals surface area contributed by atoms with Crippen molar-refractivity contribution >= 4 is 11.7 Å². The number of carbonyl (C=O) groups excluding carboxylic acids is 1. The fraction of sp³-hybridized carbons (Fsp3) is 0.357. The Bertz CT molecular complexity index is 498. The normalized spacial score (nSPS) is 13.4. The van der Waals surface area contributed by atoms with Crippen LogP contribution >= 0.6 is 0 Å². The molecular formula is C14H17NO4. The first kappa shape index (κ1) is 14.9. The van der Waals surface area contributed by atoms with E-state index >= 15 is 0 Å². The summed E-state index contributed by atoms with van der Waals surface area (Å²) in [6.45, 7) is 7.32. The molecule has 5 heteroatoms. The molecule has 0 bridgehead atoms. The van der Waals surface area contributed by atoms with Gasteiger partial charge in [-0.3, -0.25) is 14.9 Å². The molecule has 1 aromatic carbocycles. The van der Waals surface area contributed by atoms with Gasteiger partial charge in [0.15, 0.2) is 0 Å². The molecule has 5 nitrogen and oxygen atoms in total. The first-order chi connectivity index (χ1) is 8.95. The third-order valence-electron chi connectivity index (χ3n) is 2.97. The molecule has 0 spiro atoms. The van der Waals surface area contributed by atoms with Crippen molar-refractivity contribution in [1.29, 1.82) is 0 Å². The summed E-state index contributed by atoms with van der Waals surface area (Å²) < 4.78 is 5.06. The highest BCUT2D eigenvalue weighted by atomic mass is 16.6. The summed E-state index contributed by atoms with van der Waals surface area (Å²) >= 11 is 0. The van der Waals surface area contributed by atoms with Crippen molar-refractivity contribution in [2.24, 2.45) is 0 Å². The van der Waals surface area contributed by atoms with Crippen molar-refractivity contribution in [3.63, 3.8) is 0 Å². The number of rotatable bonds is 6. The maximum Gasteiger partial charge on any atom is 0.316 e. The molecule has 1 atom stereocenters. The average molecular weight is 263 g/mol. The van der Waals surface area contributed by atoms with E-state index in [1.165, 1.54) is 12.1 Å². The van der Waals surface area contributed by atoms with Gasteiger partial charge in [0.05, 0.1) is 16.9 Å². The smallest absolute Gasteiger partial charge is 0.316 e. The van der Waals surface area contributed by atoms with Crippen LogP contribution in [0.3, 0.4) is 0 Å². The first-order valence-electron chi connectivity index (χ1n) is 5.98. The topological polar surface area (TPSA) is 69.4 Å². The van der Waals surface area contributed by atoms with E-state index < -0.39 is 16.3 Å². The molecular weight excluding hydrogens is 246 g/mol. The number of nitrogens with zero attached hydrogens (tertiary/aromatic N) is 1. The lowest BCUT2D eigenvalue weighted by Gasteiger charge is -2.26. The third-order valence-corrected chi connectivity index (χ3v) is 2.97.